The van der Waals surface area contributed by atoms with Gasteiger partial charge in [-0.3, -0.25) is 10.1 Å². The second-order valence-electron chi connectivity index (χ2n) is 5.25. The topological polar surface area (TPSA) is 74.5 Å². The number of ether oxygens (including phenoxy) is 2. The molecule has 2 heterocycles. The Kier molecular flexibility index (Phi) is 5.00. The SMILES string of the molecule is Br.O=[N+]([O-])c1cccc(-c2nc(C3COc4ccccc4O3)cs2)c1. The molecule has 1 unspecified atom stereocenters. The summed E-state index contributed by atoms with van der Waals surface area (Å²) in [6.07, 6.45) is -0.288. The Balaban J connectivity index is 0.00000182. The smallest absolute Gasteiger partial charge is 0.270 e. The summed E-state index contributed by atoms with van der Waals surface area (Å²) in [5.41, 5.74) is 1.53. The number of halogens is 1. The van der Waals surface area contributed by atoms with Crippen LogP contribution in [0.3, 0.4) is 0 Å². The highest BCUT2D eigenvalue weighted by atomic mass is 79.9. The van der Waals surface area contributed by atoms with E-state index in [-0.39, 0.29) is 28.8 Å². The fourth-order valence-electron chi connectivity index (χ4n) is 2.48. The standard InChI is InChI=1S/C17H12N2O4S.BrH/c20-19(21)12-5-3-4-11(8-12)17-18-13(10-24-17)16-9-22-14-6-1-2-7-15(14)23-16;/h1-8,10,16H,9H2;1H. The summed E-state index contributed by atoms with van der Waals surface area (Å²) in [7, 11) is 0. The van der Waals surface area contributed by atoms with Crippen molar-refractivity contribution in [2.24, 2.45) is 0 Å². The minimum Gasteiger partial charge on any atom is -0.485 e. The van der Waals surface area contributed by atoms with Crippen molar-refractivity contribution in [2.45, 2.75) is 6.10 Å². The van der Waals surface area contributed by atoms with Gasteiger partial charge in [0, 0.05) is 23.1 Å². The maximum atomic E-state index is 10.9. The molecule has 6 nitrogen and oxygen atoms in total. The molecule has 2 aromatic carbocycles. The molecule has 0 saturated heterocycles. The summed E-state index contributed by atoms with van der Waals surface area (Å²) >= 11 is 1.43. The minimum absolute atomic E-state index is 0. The Morgan fingerprint density at radius 1 is 1.16 bits per heavy atom. The lowest BCUT2D eigenvalue weighted by Gasteiger charge is -2.25. The van der Waals surface area contributed by atoms with Crippen LogP contribution in [0.1, 0.15) is 11.8 Å². The summed E-state index contributed by atoms with van der Waals surface area (Å²) in [5, 5.41) is 13.5. The van der Waals surface area contributed by atoms with Crippen LogP contribution in [0.2, 0.25) is 0 Å². The van der Waals surface area contributed by atoms with E-state index >= 15 is 0 Å². The zero-order valence-electron chi connectivity index (χ0n) is 12.8. The van der Waals surface area contributed by atoms with E-state index in [1.54, 1.807) is 6.07 Å². The lowest BCUT2D eigenvalue weighted by Crippen LogP contribution is -2.21. The molecule has 0 bridgehead atoms. The molecule has 1 aliphatic rings. The molecule has 0 radical (unpaired) electrons. The molecular weight excluding hydrogens is 408 g/mol. The first-order valence-corrected chi connectivity index (χ1v) is 8.17. The molecule has 0 fully saturated rings. The Morgan fingerprint density at radius 2 is 1.96 bits per heavy atom. The molecule has 25 heavy (non-hydrogen) atoms. The van der Waals surface area contributed by atoms with E-state index in [2.05, 4.69) is 4.98 Å². The number of nitro benzene ring substituents is 1. The third-order valence-corrected chi connectivity index (χ3v) is 4.57. The van der Waals surface area contributed by atoms with Crippen LogP contribution < -0.4 is 9.47 Å². The Bertz CT molecular complexity index is 915. The van der Waals surface area contributed by atoms with E-state index in [4.69, 9.17) is 9.47 Å². The van der Waals surface area contributed by atoms with Crippen molar-refractivity contribution in [1.29, 1.82) is 0 Å². The molecule has 128 valence electrons. The molecule has 1 aliphatic heterocycles. The Labute approximate surface area is 158 Å². The van der Waals surface area contributed by atoms with Gasteiger partial charge in [-0.2, -0.15) is 0 Å². The molecule has 0 N–H and O–H groups in total. The van der Waals surface area contributed by atoms with Crippen molar-refractivity contribution >= 4 is 34.0 Å². The van der Waals surface area contributed by atoms with Crippen LogP contribution in [-0.2, 0) is 0 Å². The average molecular weight is 421 g/mol. The first-order chi connectivity index (χ1) is 11.7. The summed E-state index contributed by atoms with van der Waals surface area (Å²) in [6.45, 7) is 0.384. The fraction of sp³-hybridized carbons (Fsp3) is 0.118. The normalized spacial score (nSPS) is 15.3. The van der Waals surface area contributed by atoms with Gasteiger partial charge in [-0.1, -0.05) is 24.3 Å². The van der Waals surface area contributed by atoms with Crippen LogP contribution >= 0.6 is 28.3 Å². The van der Waals surface area contributed by atoms with E-state index in [1.165, 1.54) is 23.5 Å². The number of aromatic nitrogens is 1. The maximum Gasteiger partial charge on any atom is 0.270 e. The van der Waals surface area contributed by atoms with Crippen LogP contribution in [-0.4, -0.2) is 16.5 Å². The molecule has 3 aromatic rings. The lowest BCUT2D eigenvalue weighted by molar-refractivity contribution is -0.384. The van der Waals surface area contributed by atoms with Gasteiger partial charge < -0.3 is 9.47 Å². The van der Waals surface area contributed by atoms with Crippen LogP contribution in [0.15, 0.2) is 53.9 Å². The average Bonchev–Trinajstić information content (AvgIpc) is 3.11. The summed E-state index contributed by atoms with van der Waals surface area (Å²) in [4.78, 5) is 15.1. The number of fused-ring (bicyclic) bond motifs is 1. The fourth-order valence-corrected chi connectivity index (χ4v) is 3.34. The highest BCUT2D eigenvalue weighted by molar-refractivity contribution is 8.93. The summed E-state index contributed by atoms with van der Waals surface area (Å²) in [6, 6.07) is 14.0. The number of nitrogens with zero attached hydrogens (tertiary/aromatic N) is 2. The van der Waals surface area contributed by atoms with Gasteiger partial charge in [0.1, 0.15) is 11.6 Å². The lowest BCUT2D eigenvalue weighted by atomic mass is 10.2. The van der Waals surface area contributed by atoms with Gasteiger partial charge in [-0.05, 0) is 12.1 Å². The van der Waals surface area contributed by atoms with Gasteiger partial charge in [0.15, 0.2) is 17.6 Å². The molecule has 0 aliphatic carbocycles. The number of benzene rings is 2. The molecule has 0 saturated carbocycles. The van der Waals surface area contributed by atoms with Crippen molar-refractivity contribution in [1.82, 2.24) is 4.98 Å². The van der Waals surface area contributed by atoms with Gasteiger partial charge in [0.05, 0.1) is 10.6 Å². The number of para-hydroxylation sites is 2. The molecule has 0 spiro atoms. The van der Waals surface area contributed by atoms with E-state index < -0.39 is 4.92 Å². The molecule has 1 aromatic heterocycles. The highest BCUT2D eigenvalue weighted by Crippen LogP contribution is 2.37. The van der Waals surface area contributed by atoms with Crippen molar-refractivity contribution in [3.63, 3.8) is 0 Å². The third kappa shape index (κ3) is 3.49. The van der Waals surface area contributed by atoms with Crippen molar-refractivity contribution in [3.8, 4) is 22.1 Å². The Morgan fingerprint density at radius 3 is 2.76 bits per heavy atom. The second-order valence-corrected chi connectivity index (χ2v) is 6.11. The molecule has 0 amide bonds. The molecular formula is C17H13BrN2O4S. The van der Waals surface area contributed by atoms with Gasteiger partial charge in [0.25, 0.3) is 5.69 Å². The third-order valence-electron chi connectivity index (χ3n) is 3.66. The van der Waals surface area contributed by atoms with Crippen LogP contribution in [0.5, 0.6) is 11.5 Å². The minimum atomic E-state index is -0.410. The first-order valence-electron chi connectivity index (χ1n) is 7.29. The number of thiazole rings is 1. The van der Waals surface area contributed by atoms with Crippen molar-refractivity contribution < 1.29 is 14.4 Å². The van der Waals surface area contributed by atoms with E-state index in [0.29, 0.717) is 12.4 Å². The van der Waals surface area contributed by atoms with E-state index in [1.807, 2.05) is 35.7 Å². The first kappa shape index (κ1) is 17.4. The second kappa shape index (κ2) is 7.20. The summed E-state index contributed by atoms with van der Waals surface area (Å²) in [5.74, 6) is 1.42. The molecule has 8 heteroatoms. The number of hydrogen-bond acceptors (Lipinski definition) is 6. The number of nitro groups is 1. The van der Waals surface area contributed by atoms with Gasteiger partial charge >= 0.3 is 0 Å². The predicted molar refractivity (Wildman–Crippen MR) is 99.8 cm³/mol. The molecule has 1 atom stereocenters. The van der Waals surface area contributed by atoms with Crippen LogP contribution in [0, 0.1) is 10.1 Å². The van der Waals surface area contributed by atoms with E-state index in [9.17, 15) is 10.1 Å². The maximum absolute atomic E-state index is 10.9. The number of hydrogen-bond donors (Lipinski definition) is 0. The van der Waals surface area contributed by atoms with Crippen molar-refractivity contribution in [2.75, 3.05) is 6.61 Å². The number of rotatable bonds is 3. The highest BCUT2D eigenvalue weighted by Gasteiger charge is 2.24. The van der Waals surface area contributed by atoms with Gasteiger partial charge in [-0.15, -0.1) is 28.3 Å². The van der Waals surface area contributed by atoms with Crippen LogP contribution in [0.4, 0.5) is 5.69 Å². The van der Waals surface area contributed by atoms with Gasteiger partial charge in [-0.25, -0.2) is 4.98 Å². The zero-order valence-corrected chi connectivity index (χ0v) is 15.4. The Hall–Kier alpha value is -2.45. The van der Waals surface area contributed by atoms with Gasteiger partial charge in [0.2, 0.25) is 0 Å². The van der Waals surface area contributed by atoms with E-state index in [0.717, 1.165) is 22.0 Å². The number of non-ortho nitro benzene ring substituents is 1. The quantitative estimate of drug-likeness (QED) is 0.448. The summed E-state index contributed by atoms with van der Waals surface area (Å²) < 4.78 is 11.6. The van der Waals surface area contributed by atoms with Crippen LogP contribution in [0.25, 0.3) is 10.6 Å². The monoisotopic (exact) mass is 420 g/mol. The van der Waals surface area contributed by atoms with Crippen molar-refractivity contribution in [3.05, 3.63) is 69.7 Å². The molecule has 4 rings (SSSR count). The predicted octanol–water partition coefficient (Wildman–Crippen LogP) is 4.81. The zero-order chi connectivity index (χ0) is 16.5. The largest absolute Gasteiger partial charge is 0.485 e.